The van der Waals surface area contributed by atoms with E-state index in [0.29, 0.717) is 0 Å². The molecule has 1 aliphatic rings. The molecule has 1 saturated heterocycles. The molecule has 1 aromatic rings. The summed E-state index contributed by atoms with van der Waals surface area (Å²) in [6.07, 6.45) is 6.44. The average molecular weight is 212 g/mol. The van der Waals surface area contributed by atoms with E-state index in [1.165, 1.54) is 5.56 Å². The topological polar surface area (TPSA) is 27.0 Å². The van der Waals surface area contributed by atoms with Crippen molar-refractivity contribution in [2.75, 3.05) is 13.1 Å². The predicted octanol–water partition coefficient (Wildman–Crippen LogP) is 2.69. The van der Waals surface area contributed by atoms with Crippen LogP contribution in [0.3, 0.4) is 0 Å². The van der Waals surface area contributed by atoms with E-state index in [9.17, 15) is 0 Å². The molecular weight excluding hydrogens is 196 g/mol. The Morgan fingerprint density at radius 3 is 2.94 bits per heavy atom. The Morgan fingerprint density at radius 2 is 2.19 bits per heavy atom. The van der Waals surface area contributed by atoms with Crippen molar-refractivity contribution in [3.63, 3.8) is 0 Å². The number of nitriles is 1. The van der Waals surface area contributed by atoms with Gasteiger partial charge in [0.15, 0.2) is 0 Å². The first-order valence-corrected chi connectivity index (χ1v) is 5.75. The van der Waals surface area contributed by atoms with Gasteiger partial charge in [0.1, 0.15) is 0 Å². The van der Waals surface area contributed by atoms with Gasteiger partial charge >= 0.3 is 0 Å². The smallest absolute Gasteiger partial charge is 0.0981 e. The molecule has 0 aromatic heterocycles. The molecule has 0 amide bonds. The lowest BCUT2D eigenvalue weighted by Crippen LogP contribution is -2.27. The van der Waals surface area contributed by atoms with E-state index >= 15 is 0 Å². The van der Waals surface area contributed by atoms with Crippen LogP contribution < -0.4 is 0 Å². The van der Waals surface area contributed by atoms with Crippen molar-refractivity contribution >= 4 is 6.08 Å². The third-order valence-electron chi connectivity index (χ3n) is 2.96. The van der Waals surface area contributed by atoms with Gasteiger partial charge in [0.05, 0.1) is 12.1 Å². The summed E-state index contributed by atoms with van der Waals surface area (Å²) < 4.78 is 0. The molecule has 1 heterocycles. The Balaban J connectivity index is 1.88. The van der Waals surface area contributed by atoms with Gasteiger partial charge in [-0.3, -0.25) is 4.90 Å². The van der Waals surface area contributed by atoms with Crippen LogP contribution in [0, 0.1) is 11.3 Å². The summed E-state index contributed by atoms with van der Waals surface area (Å²) in [6.45, 7) is 1.93. The number of hydrogen-bond donors (Lipinski definition) is 0. The molecule has 16 heavy (non-hydrogen) atoms. The van der Waals surface area contributed by atoms with E-state index in [1.54, 1.807) is 0 Å². The van der Waals surface area contributed by atoms with Gasteiger partial charge in [-0.25, -0.2) is 0 Å². The molecule has 1 unspecified atom stereocenters. The summed E-state index contributed by atoms with van der Waals surface area (Å²) in [5, 5.41) is 8.94. The molecule has 2 heteroatoms. The van der Waals surface area contributed by atoms with E-state index < -0.39 is 0 Å². The van der Waals surface area contributed by atoms with Crippen LogP contribution in [0.4, 0.5) is 0 Å². The monoisotopic (exact) mass is 212 g/mol. The molecule has 1 aromatic carbocycles. The second-order valence-electron chi connectivity index (χ2n) is 4.10. The molecule has 0 N–H and O–H groups in total. The zero-order chi connectivity index (χ0) is 11.2. The molecule has 0 aliphatic carbocycles. The number of hydrogen-bond acceptors (Lipinski definition) is 2. The SMILES string of the molecule is N#CC1CCCN1CC=Cc1ccccc1. The lowest BCUT2D eigenvalue weighted by atomic mass is 10.2. The van der Waals surface area contributed by atoms with Gasteiger partial charge < -0.3 is 0 Å². The maximum Gasteiger partial charge on any atom is 0.0981 e. The fourth-order valence-electron chi connectivity index (χ4n) is 2.08. The lowest BCUT2D eigenvalue weighted by molar-refractivity contribution is 0.328. The zero-order valence-corrected chi connectivity index (χ0v) is 9.34. The maximum atomic E-state index is 8.94. The van der Waals surface area contributed by atoms with Gasteiger partial charge in [-0.15, -0.1) is 0 Å². The highest BCUT2D eigenvalue weighted by atomic mass is 15.2. The van der Waals surface area contributed by atoms with Crippen LogP contribution >= 0.6 is 0 Å². The largest absolute Gasteiger partial charge is 0.284 e. The number of nitrogens with zero attached hydrogens (tertiary/aromatic N) is 2. The fourth-order valence-corrected chi connectivity index (χ4v) is 2.08. The third kappa shape index (κ3) is 2.71. The predicted molar refractivity (Wildman–Crippen MR) is 65.7 cm³/mol. The standard InChI is InChI=1S/C14H16N2/c15-12-14-9-5-11-16(14)10-4-8-13-6-2-1-3-7-13/h1-4,6-8,14H,5,9-11H2. The van der Waals surface area contributed by atoms with Crippen LogP contribution in [0.25, 0.3) is 6.08 Å². The molecule has 0 radical (unpaired) electrons. The van der Waals surface area contributed by atoms with Gasteiger partial charge in [-0.1, -0.05) is 42.5 Å². The Bertz CT molecular complexity index is 389. The molecule has 82 valence electrons. The van der Waals surface area contributed by atoms with Crippen LogP contribution in [0.15, 0.2) is 36.4 Å². The number of rotatable bonds is 3. The van der Waals surface area contributed by atoms with E-state index in [1.807, 2.05) is 18.2 Å². The molecule has 2 rings (SSSR count). The Hall–Kier alpha value is -1.59. The normalized spacial score (nSPS) is 21.3. The zero-order valence-electron chi connectivity index (χ0n) is 9.34. The lowest BCUT2D eigenvalue weighted by Gasteiger charge is -2.15. The summed E-state index contributed by atoms with van der Waals surface area (Å²) in [7, 11) is 0. The first-order chi connectivity index (χ1) is 7.90. The molecule has 1 aliphatic heterocycles. The first-order valence-electron chi connectivity index (χ1n) is 5.75. The van der Waals surface area contributed by atoms with Gasteiger partial charge in [0.25, 0.3) is 0 Å². The van der Waals surface area contributed by atoms with Crippen LogP contribution in [0.5, 0.6) is 0 Å². The molecule has 2 nitrogen and oxygen atoms in total. The van der Waals surface area contributed by atoms with Crippen molar-refractivity contribution in [3.05, 3.63) is 42.0 Å². The highest BCUT2D eigenvalue weighted by Crippen LogP contribution is 2.15. The minimum absolute atomic E-state index is 0.125. The minimum atomic E-state index is 0.125. The van der Waals surface area contributed by atoms with Crippen molar-refractivity contribution in [1.29, 1.82) is 5.26 Å². The summed E-state index contributed by atoms with van der Waals surface area (Å²) in [5.41, 5.74) is 1.22. The highest BCUT2D eigenvalue weighted by Gasteiger charge is 2.22. The summed E-state index contributed by atoms with van der Waals surface area (Å²) in [4.78, 5) is 2.24. The summed E-state index contributed by atoms with van der Waals surface area (Å²) >= 11 is 0. The first kappa shape index (κ1) is 10.9. The molecule has 1 fully saturated rings. The van der Waals surface area contributed by atoms with Crippen LogP contribution in [-0.4, -0.2) is 24.0 Å². The molecular formula is C14H16N2. The molecule has 0 bridgehead atoms. The second kappa shape index (κ2) is 5.48. The third-order valence-corrected chi connectivity index (χ3v) is 2.96. The second-order valence-corrected chi connectivity index (χ2v) is 4.10. The fraction of sp³-hybridized carbons (Fsp3) is 0.357. The van der Waals surface area contributed by atoms with E-state index in [4.69, 9.17) is 5.26 Å². The van der Waals surface area contributed by atoms with Crippen molar-refractivity contribution in [1.82, 2.24) is 4.90 Å². The number of benzene rings is 1. The maximum absolute atomic E-state index is 8.94. The summed E-state index contributed by atoms with van der Waals surface area (Å²) in [5.74, 6) is 0. The van der Waals surface area contributed by atoms with E-state index in [-0.39, 0.29) is 6.04 Å². The molecule has 0 saturated carbocycles. The van der Waals surface area contributed by atoms with Gasteiger partial charge in [0.2, 0.25) is 0 Å². The Morgan fingerprint density at radius 1 is 1.38 bits per heavy atom. The van der Waals surface area contributed by atoms with Crippen molar-refractivity contribution < 1.29 is 0 Å². The van der Waals surface area contributed by atoms with Crippen molar-refractivity contribution in [3.8, 4) is 6.07 Å². The summed E-state index contributed by atoms with van der Waals surface area (Å²) in [6, 6.07) is 12.7. The highest BCUT2D eigenvalue weighted by molar-refractivity contribution is 5.48. The van der Waals surface area contributed by atoms with Crippen molar-refractivity contribution in [2.24, 2.45) is 0 Å². The Labute approximate surface area is 96.8 Å². The average Bonchev–Trinajstić information content (AvgIpc) is 2.78. The van der Waals surface area contributed by atoms with E-state index in [0.717, 1.165) is 25.9 Å². The van der Waals surface area contributed by atoms with Crippen LogP contribution in [-0.2, 0) is 0 Å². The van der Waals surface area contributed by atoms with Gasteiger partial charge in [0, 0.05) is 6.54 Å². The van der Waals surface area contributed by atoms with Crippen LogP contribution in [0.2, 0.25) is 0 Å². The van der Waals surface area contributed by atoms with Gasteiger partial charge in [-0.05, 0) is 24.9 Å². The molecule has 1 atom stereocenters. The minimum Gasteiger partial charge on any atom is -0.284 e. The van der Waals surface area contributed by atoms with Crippen LogP contribution in [0.1, 0.15) is 18.4 Å². The Kier molecular flexibility index (Phi) is 3.74. The quantitative estimate of drug-likeness (QED) is 0.770. The van der Waals surface area contributed by atoms with E-state index in [2.05, 4.69) is 35.3 Å². The molecule has 0 spiro atoms. The van der Waals surface area contributed by atoms with Crippen molar-refractivity contribution in [2.45, 2.75) is 18.9 Å². The number of likely N-dealkylation sites (tertiary alicyclic amines) is 1. The van der Waals surface area contributed by atoms with Gasteiger partial charge in [-0.2, -0.15) is 5.26 Å².